The summed E-state index contributed by atoms with van der Waals surface area (Å²) in [6.45, 7) is 4.56. The van der Waals surface area contributed by atoms with Crippen LogP contribution in [0.15, 0.2) is 36.4 Å². The van der Waals surface area contributed by atoms with Crippen molar-refractivity contribution in [2.24, 2.45) is 11.7 Å². The maximum atomic E-state index is 9.57. The van der Waals surface area contributed by atoms with Gasteiger partial charge in [0.1, 0.15) is 5.75 Å². The predicted molar refractivity (Wildman–Crippen MR) is 119 cm³/mol. The maximum Gasteiger partial charge on any atom is 0.122 e. The number of aliphatic hydroxyl groups is 1. The van der Waals surface area contributed by atoms with E-state index in [1.165, 1.54) is 34.2 Å². The molecule has 2 unspecified atom stereocenters. The van der Waals surface area contributed by atoms with Gasteiger partial charge in [0.25, 0.3) is 0 Å². The van der Waals surface area contributed by atoms with Gasteiger partial charge in [-0.3, -0.25) is 0 Å². The SMILES string of the molecule is COc1cc(C(C)C2CCc3cc([C@H]4CC[C@](N)(CO)C4)ccc3C2)ccc1C. The van der Waals surface area contributed by atoms with Crippen LogP contribution in [0.25, 0.3) is 0 Å². The number of benzene rings is 2. The average molecular weight is 394 g/mol. The smallest absolute Gasteiger partial charge is 0.122 e. The van der Waals surface area contributed by atoms with Crippen LogP contribution in [-0.4, -0.2) is 24.4 Å². The molecule has 0 spiro atoms. The van der Waals surface area contributed by atoms with Gasteiger partial charge in [0.2, 0.25) is 0 Å². The molecule has 29 heavy (non-hydrogen) atoms. The van der Waals surface area contributed by atoms with Crippen LogP contribution < -0.4 is 10.5 Å². The monoisotopic (exact) mass is 393 g/mol. The first kappa shape index (κ1) is 20.4. The van der Waals surface area contributed by atoms with Crippen molar-refractivity contribution in [1.29, 1.82) is 0 Å². The van der Waals surface area contributed by atoms with Gasteiger partial charge in [0, 0.05) is 5.54 Å². The summed E-state index contributed by atoms with van der Waals surface area (Å²) in [7, 11) is 1.75. The van der Waals surface area contributed by atoms with Crippen LogP contribution in [0.5, 0.6) is 5.75 Å². The first-order valence-corrected chi connectivity index (χ1v) is 11.1. The largest absolute Gasteiger partial charge is 0.496 e. The Hall–Kier alpha value is -1.84. The number of methoxy groups -OCH3 is 1. The molecule has 156 valence electrons. The summed E-state index contributed by atoms with van der Waals surface area (Å²) >= 11 is 0. The van der Waals surface area contributed by atoms with Gasteiger partial charge < -0.3 is 15.6 Å². The molecule has 4 atom stereocenters. The molecule has 0 aliphatic heterocycles. The van der Waals surface area contributed by atoms with Crippen LogP contribution in [0.4, 0.5) is 0 Å². The van der Waals surface area contributed by atoms with E-state index in [-0.39, 0.29) is 12.1 Å². The number of nitrogens with two attached hydrogens (primary N) is 1. The molecule has 1 fully saturated rings. The first-order valence-electron chi connectivity index (χ1n) is 11.1. The van der Waals surface area contributed by atoms with Gasteiger partial charge in [-0.15, -0.1) is 0 Å². The van der Waals surface area contributed by atoms with Crippen molar-refractivity contribution in [2.45, 2.75) is 69.7 Å². The molecule has 0 bridgehead atoms. The number of hydrogen-bond donors (Lipinski definition) is 2. The standard InChI is InChI=1S/C26H35NO2/c1-17-4-5-20(14-25(17)29-3)18(2)19-6-7-22-13-23(9-8-21(22)12-19)24-10-11-26(27,15-24)16-28/h4-5,8-9,13-14,18-19,24,28H,6-7,10-12,15-16,27H2,1-3H3/t18?,19?,24-,26+/m0/s1. The fourth-order valence-corrected chi connectivity index (χ4v) is 5.46. The molecular weight excluding hydrogens is 358 g/mol. The summed E-state index contributed by atoms with van der Waals surface area (Å²) in [6, 6.07) is 13.8. The number of rotatable bonds is 5. The molecule has 2 aromatic rings. The van der Waals surface area contributed by atoms with Crippen molar-refractivity contribution in [3.63, 3.8) is 0 Å². The number of aliphatic hydroxyl groups excluding tert-OH is 1. The molecule has 4 rings (SSSR count). The lowest BCUT2D eigenvalue weighted by Gasteiger charge is -2.31. The maximum absolute atomic E-state index is 9.57. The second-order valence-electron chi connectivity index (χ2n) is 9.51. The third-order valence-electron chi connectivity index (χ3n) is 7.59. The van der Waals surface area contributed by atoms with Gasteiger partial charge in [-0.1, -0.05) is 37.3 Å². The van der Waals surface area contributed by atoms with Crippen LogP contribution in [0.1, 0.15) is 72.3 Å². The Morgan fingerprint density at radius 3 is 2.72 bits per heavy atom. The summed E-state index contributed by atoms with van der Waals surface area (Å²) in [5, 5.41) is 9.57. The highest BCUT2D eigenvalue weighted by atomic mass is 16.5. The Kier molecular flexibility index (Phi) is 5.72. The fourth-order valence-electron chi connectivity index (χ4n) is 5.46. The van der Waals surface area contributed by atoms with E-state index in [1.54, 1.807) is 7.11 Å². The number of fused-ring (bicyclic) bond motifs is 1. The van der Waals surface area contributed by atoms with Crippen LogP contribution in [-0.2, 0) is 12.8 Å². The number of ether oxygens (including phenoxy) is 1. The van der Waals surface area contributed by atoms with Crippen LogP contribution in [0, 0.1) is 12.8 Å². The first-order chi connectivity index (χ1) is 13.9. The van der Waals surface area contributed by atoms with E-state index in [4.69, 9.17) is 10.5 Å². The predicted octanol–water partition coefficient (Wildman–Crippen LogP) is 4.87. The molecule has 0 aromatic heterocycles. The lowest BCUT2D eigenvalue weighted by Crippen LogP contribution is -2.40. The van der Waals surface area contributed by atoms with Gasteiger partial charge in [0.15, 0.2) is 0 Å². The fraction of sp³-hybridized carbons (Fsp3) is 0.538. The molecule has 2 aliphatic carbocycles. The molecular formula is C26H35NO2. The van der Waals surface area contributed by atoms with Crippen LogP contribution >= 0.6 is 0 Å². The average Bonchev–Trinajstić information content (AvgIpc) is 3.15. The molecule has 3 N–H and O–H groups in total. The van der Waals surface area contributed by atoms with Crippen LogP contribution in [0.3, 0.4) is 0 Å². The van der Waals surface area contributed by atoms with E-state index in [0.717, 1.165) is 37.9 Å². The van der Waals surface area contributed by atoms with Gasteiger partial charge >= 0.3 is 0 Å². The lowest BCUT2D eigenvalue weighted by atomic mass is 9.74. The molecule has 3 nitrogen and oxygen atoms in total. The quantitative estimate of drug-likeness (QED) is 0.762. The minimum atomic E-state index is -0.379. The van der Waals surface area contributed by atoms with E-state index in [9.17, 15) is 5.11 Å². The molecule has 0 heterocycles. The minimum Gasteiger partial charge on any atom is -0.496 e. The molecule has 2 aromatic carbocycles. The Bertz CT molecular complexity index is 877. The Morgan fingerprint density at radius 2 is 2.00 bits per heavy atom. The number of aryl methyl sites for hydroxylation is 2. The van der Waals surface area contributed by atoms with Crippen molar-refractivity contribution >= 4 is 0 Å². The van der Waals surface area contributed by atoms with E-state index in [1.807, 2.05) is 0 Å². The molecule has 0 saturated heterocycles. The Balaban J connectivity index is 1.48. The third-order valence-corrected chi connectivity index (χ3v) is 7.59. The Labute approximate surface area is 175 Å². The summed E-state index contributed by atoms with van der Waals surface area (Å²) < 4.78 is 5.54. The minimum absolute atomic E-state index is 0.0950. The highest BCUT2D eigenvalue weighted by molar-refractivity contribution is 5.40. The van der Waals surface area contributed by atoms with E-state index in [0.29, 0.717) is 17.8 Å². The summed E-state index contributed by atoms with van der Waals surface area (Å²) in [6.07, 6.45) is 6.44. The van der Waals surface area contributed by atoms with Crippen LogP contribution in [0.2, 0.25) is 0 Å². The molecule has 2 aliphatic rings. The highest BCUT2D eigenvalue weighted by Crippen LogP contribution is 2.42. The zero-order valence-electron chi connectivity index (χ0n) is 18.1. The second-order valence-corrected chi connectivity index (χ2v) is 9.51. The zero-order valence-corrected chi connectivity index (χ0v) is 18.1. The zero-order chi connectivity index (χ0) is 20.6. The van der Waals surface area contributed by atoms with E-state index < -0.39 is 0 Å². The normalized spacial score (nSPS) is 27.5. The third kappa shape index (κ3) is 4.08. The molecule has 3 heteroatoms. The Morgan fingerprint density at radius 1 is 1.17 bits per heavy atom. The van der Waals surface area contributed by atoms with E-state index in [2.05, 4.69) is 50.2 Å². The molecule has 1 saturated carbocycles. The second kappa shape index (κ2) is 8.12. The van der Waals surface area contributed by atoms with E-state index >= 15 is 0 Å². The van der Waals surface area contributed by atoms with Gasteiger partial charge in [-0.25, -0.2) is 0 Å². The summed E-state index contributed by atoms with van der Waals surface area (Å²) in [5.41, 5.74) is 12.9. The van der Waals surface area contributed by atoms with Gasteiger partial charge in [-0.2, -0.15) is 0 Å². The molecule has 0 amide bonds. The topological polar surface area (TPSA) is 55.5 Å². The highest BCUT2D eigenvalue weighted by Gasteiger charge is 2.36. The van der Waals surface area contributed by atoms with Crippen molar-refractivity contribution in [3.05, 3.63) is 64.2 Å². The van der Waals surface area contributed by atoms with Crippen molar-refractivity contribution in [1.82, 2.24) is 0 Å². The summed E-state index contributed by atoms with van der Waals surface area (Å²) in [4.78, 5) is 0. The van der Waals surface area contributed by atoms with Crippen molar-refractivity contribution in [3.8, 4) is 5.75 Å². The molecule has 0 radical (unpaired) electrons. The van der Waals surface area contributed by atoms with Crippen molar-refractivity contribution in [2.75, 3.05) is 13.7 Å². The van der Waals surface area contributed by atoms with Gasteiger partial charge in [-0.05, 0) is 97.1 Å². The van der Waals surface area contributed by atoms with Gasteiger partial charge in [0.05, 0.1) is 13.7 Å². The summed E-state index contributed by atoms with van der Waals surface area (Å²) in [5.74, 6) is 2.67. The lowest BCUT2D eigenvalue weighted by molar-refractivity contribution is 0.198. The number of hydrogen-bond acceptors (Lipinski definition) is 3. The van der Waals surface area contributed by atoms with Crippen molar-refractivity contribution < 1.29 is 9.84 Å².